The van der Waals surface area contributed by atoms with Crippen molar-refractivity contribution in [3.05, 3.63) is 59.7 Å². The molecule has 0 radical (unpaired) electrons. The van der Waals surface area contributed by atoms with Gasteiger partial charge in [-0.05, 0) is 56.2 Å². The van der Waals surface area contributed by atoms with Gasteiger partial charge in [0.15, 0.2) is 0 Å². The zero-order chi connectivity index (χ0) is 15.4. The van der Waals surface area contributed by atoms with Gasteiger partial charge in [-0.25, -0.2) is 0 Å². The van der Waals surface area contributed by atoms with Crippen molar-refractivity contribution in [2.24, 2.45) is 0 Å². The van der Waals surface area contributed by atoms with Crippen LogP contribution in [0, 0.1) is 6.92 Å². The van der Waals surface area contributed by atoms with Crippen molar-refractivity contribution < 1.29 is 4.79 Å². The molecule has 0 bridgehead atoms. The Hall–Kier alpha value is -2.29. The maximum absolute atomic E-state index is 12.8. The molecule has 0 aromatic heterocycles. The molecule has 0 aliphatic rings. The van der Waals surface area contributed by atoms with Gasteiger partial charge in [-0.15, -0.1) is 0 Å². The van der Waals surface area contributed by atoms with E-state index < -0.39 is 0 Å². The molecule has 1 atom stereocenters. The Balaban J connectivity index is 2.28. The second-order valence-electron chi connectivity index (χ2n) is 5.31. The van der Waals surface area contributed by atoms with E-state index in [9.17, 15) is 4.79 Å². The molecule has 0 spiro atoms. The van der Waals surface area contributed by atoms with E-state index in [2.05, 4.69) is 0 Å². The highest BCUT2D eigenvalue weighted by Gasteiger charge is 2.22. The molecule has 1 unspecified atom stereocenters. The number of nitrogen functional groups attached to an aromatic ring is 1. The van der Waals surface area contributed by atoms with Gasteiger partial charge < -0.3 is 10.6 Å². The van der Waals surface area contributed by atoms with Crippen LogP contribution in [-0.2, 0) is 4.79 Å². The Labute approximate surface area is 126 Å². The van der Waals surface area contributed by atoms with Gasteiger partial charge in [0.25, 0.3) is 0 Å². The molecular formula is C18H22N2O. The summed E-state index contributed by atoms with van der Waals surface area (Å²) in [5.74, 6) is -0.123. The molecule has 0 heterocycles. The van der Waals surface area contributed by atoms with Gasteiger partial charge in [0.1, 0.15) is 0 Å². The van der Waals surface area contributed by atoms with Crippen molar-refractivity contribution in [2.75, 3.05) is 17.2 Å². The van der Waals surface area contributed by atoms with Crippen LogP contribution in [0.5, 0.6) is 0 Å². The van der Waals surface area contributed by atoms with Crippen LogP contribution >= 0.6 is 0 Å². The molecule has 0 saturated heterocycles. The van der Waals surface area contributed by atoms with Crippen molar-refractivity contribution in [3.8, 4) is 0 Å². The SMILES string of the molecule is CCN(C(=O)C(C)c1cccc(N)c1)c1cccc(C)c1. The fraction of sp³-hybridized carbons (Fsp3) is 0.278. The largest absolute Gasteiger partial charge is 0.399 e. The van der Waals surface area contributed by atoms with Gasteiger partial charge in [0.05, 0.1) is 5.92 Å². The van der Waals surface area contributed by atoms with Crippen LogP contribution < -0.4 is 10.6 Å². The highest BCUT2D eigenvalue weighted by molar-refractivity contribution is 5.98. The summed E-state index contributed by atoms with van der Waals surface area (Å²) in [4.78, 5) is 14.6. The standard InChI is InChI=1S/C18H22N2O/c1-4-20(17-10-5-7-13(2)11-17)18(21)14(3)15-8-6-9-16(19)12-15/h5-12,14H,4,19H2,1-3H3. The van der Waals surface area contributed by atoms with Crippen molar-refractivity contribution >= 4 is 17.3 Å². The summed E-state index contributed by atoms with van der Waals surface area (Å²) in [5.41, 5.74) is 9.54. The van der Waals surface area contributed by atoms with Crippen LogP contribution in [0.4, 0.5) is 11.4 Å². The molecule has 110 valence electrons. The van der Waals surface area contributed by atoms with E-state index >= 15 is 0 Å². The van der Waals surface area contributed by atoms with E-state index in [1.165, 1.54) is 0 Å². The maximum Gasteiger partial charge on any atom is 0.234 e. The first kappa shape index (κ1) is 15.1. The predicted octanol–water partition coefficient (Wildman–Crippen LogP) is 3.73. The molecular weight excluding hydrogens is 260 g/mol. The first-order chi connectivity index (χ1) is 10.0. The van der Waals surface area contributed by atoms with E-state index in [1.54, 1.807) is 0 Å². The summed E-state index contributed by atoms with van der Waals surface area (Å²) in [6.07, 6.45) is 0. The lowest BCUT2D eigenvalue weighted by Crippen LogP contribution is -2.34. The quantitative estimate of drug-likeness (QED) is 0.868. The molecule has 2 aromatic carbocycles. The Bertz CT molecular complexity index is 637. The molecule has 2 aromatic rings. The predicted molar refractivity (Wildman–Crippen MR) is 88.5 cm³/mol. The number of benzene rings is 2. The average molecular weight is 282 g/mol. The highest BCUT2D eigenvalue weighted by atomic mass is 16.2. The minimum Gasteiger partial charge on any atom is -0.399 e. The number of carbonyl (C=O) groups is 1. The number of nitrogens with zero attached hydrogens (tertiary/aromatic N) is 1. The average Bonchev–Trinajstić information content (AvgIpc) is 2.47. The minimum absolute atomic E-state index is 0.0914. The molecule has 0 aliphatic carbocycles. The number of rotatable bonds is 4. The van der Waals surface area contributed by atoms with E-state index in [1.807, 2.05) is 74.2 Å². The Morgan fingerprint density at radius 3 is 2.52 bits per heavy atom. The second kappa shape index (κ2) is 6.44. The Kier molecular flexibility index (Phi) is 4.63. The number of anilines is 2. The first-order valence-corrected chi connectivity index (χ1v) is 7.26. The lowest BCUT2D eigenvalue weighted by atomic mass is 9.98. The first-order valence-electron chi connectivity index (χ1n) is 7.26. The van der Waals surface area contributed by atoms with Crippen LogP contribution in [0.1, 0.15) is 30.9 Å². The van der Waals surface area contributed by atoms with E-state index in [-0.39, 0.29) is 11.8 Å². The Morgan fingerprint density at radius 2 is 1.90 bits per heavy atom. The van der Waals surface area contributed by atoms with E-state index in [0.29, 0.717) is 12.2 Å². The van der Waals surface area contributed by atoms with Gasteiger partial charge in [0, 0.05) is 17.9 Å². The lowest BCUT2D eigenvalue weighted by Gasteiger charge is -2.25. The molecule has 0 aliphatic heterocycles. The monoisotopic (exact) mass is 282 g/mol. The van der Waals surface area contributed by atoms with Crippen molar-refractivity contribution in [3.63, 3.8) is 0 Å². The third kappa shape index (κ3) is 3.43. The number of aryl methyl sites for hydroxylation is 1. The van der Waals surface area contributed by atoms with Crippen LogP contribution in [0.2, 0.25) is 0 Å². The number of hydrogen-bond acceptors (Lipinski definition) is 2. The van der Waals surface area contributed by atoms with Gasteiger partial charge in [0.2, 0.25) is 5.91 Å². The normalized spacial score (nSPS) is 12.0. The molecule has 1 amide bonds. The molecule has 3 heteroatoms. The Morgan fingerprint density at radius 1 is 1.19 bits per heavy atom. The van der Waals surface area contributed by atoms with Gasteiger partial charge in [-0.2, -0.15) is 0 Å². The third-order valence-corrected chi connectivity index (χ3v) is 3.68. The van der Waals surface area contributed by atoms with Crippen LogP contribution in [0.15, 0.2) is 48.5 Å². The summed E-state index contributed by atoms with van der Waals surface area (Å²) in [6, 6.07) is 15.6. The number of carbonyl (C=O) groups excluding carboxylic acids is 1. The van der Waals surface area contributed by atoms with Gasteiger partial charge in [-0.1, -0.05) is 24.3 Å². The maximum atomic E-state index is 12.8. The summed E-state index contributed by atoms with van der Waals surface area (Å²) in [5, 5.41) is 0. The smallest absolute Gasteiger partial charge is 0.234 e. The minimum atomic E-state index is -0.214. The zero-order valence-corrected chi connectivity index (χ0v) is 12.8. The highest BCUT2D eigenvalue weighted by Crippen LogP contribution is 2.24. The number of hydrogen-bond donors (Lipinski definition) is 1. The van der Waals surface area contributed by atoms with Crippen molar-refractivity contribution in [1.29, 1.82) is 0 Å². The molecule has 21 heavy (non-hydrogen) atoms. The number of likely N-dealkylation sites (N-methyl/N-ethyl adjacent to an activating group) is 1. The van der Waals surface area contributed by atoms with Gasteiger partial charge in [-0.3, -0.25) is 4.79 Å². The van der Waals surface area contributed by atoms with Crippen molar-refractivity contribution in [1.82, 2.24) is 0 Å². The summed E-state index contributed by atoms with van der Waals surface area (Å²) in [6.45, 7) is 6.60. The summed E-state index contributed by atoms with van der Waals surface area (Å²) in [7, 11) is 0. The molecule has 0 fully saturated rings. The van der Waals surface area contributed by atoms with Crippen LogP contribution in [0.3, 0.4) is 0 Å². The number of amides is 1. The number of nitrogens with two attached hydrogens (primary N) is 1. The molecule has 2 rings (SSSR count). The van der Waals surface area contributed by atoms with Gasteiger partial charge >= 0.3 is 0 Å². The van der Waals surface area contributed by atoms with Crippen molar-refractivity contribution in [2.45, 2.75) is 26.7 Å². The zero-order valence-electron chi connectivity index (χ0n) is 12.8. The van der Waals surface area contributed by atoms with E-state index in [0.717, 1.165) is 16.8 Å². The molecule has 2 N–H and O–H groups in total. The fourth-order valence-corrected chi connectivity index (χ4v) is 2.47. The summed E-state index contributed by atoms with van der Waals surface area (Å²) < 4.78 is 0. The van der Waals surface area contributed by atoms with Crippen LogP contribution in [-0.4, -0.2) is 12.5 Å². The fourth-order valence-electron chi connectivity index (χ4n) is 2.47. The summed E-state index contributed by atoms with van der Waals surface area (Å²) >= 11 is 0. The third-order valence-electron chi connectivity index (χ3n) is 3.68. The van der Waals surface area contributed by atoms with Crippen LogP contribution in [0.25, 0.3) is 0 Å². The second-order valence-corrected chi connectivity index (χ2v) is 5.31. The topological polar surface area (TPSA) is 46.3 Å². The lowest BCUT2D eigenvalue weighted by molar-refractivity contribution is -0.119. The van der Waals surface area contributed by atoms with E-state index in [4.69, 9.17) is 5.73 Å². The molecule has 0 saturated carbocycles. The molecule has 3 nitrogen and oxygen atoms in total.